The number of ether oxygens (including phenoxy) is 6. The number of hydrogen-bond donors (Lipinski definition) is 0. The van der Waals surface area contributed by atoms with Crippen molar-refractivity contribution in [1.82, 2.24) is 0 Å². The molecule has 39 heavy (non-hydrogen) atoms. The van der Waals surface area contributed by atoms with Gasteiger partial charge in [-0.1, -0.05) is 18.2 Å². The first-order chi connectivity index (χ1) is 18.5. The number of rotatable bonds is 7. The second kappa shape index (κ2) is 11.5. The molecule has 4 rings (SSSR count). The van der Waals surface area contributed by atoms with E-state index in [0.29, 0.717) is 16.2 Å². The molecule has 0 aliphatic carbocycles. The zero-order chi connectivity index (χ0) is 28.3. The number of benzene rings is 2. The number of hydrogen-bond acceptors (Lipinski definition) is 12. The molecule has 0 amide bonds. The second-order valence-electron chi connectivity index (χ2n) is 8.78. The van der Waals surface area contributed by atoms with E-state index in [4.69, 9.17) is 32.8 Å². The monoisotopic (exact) mass is 542 g/mol. The molecular weight excluding hydrogens is 516 g/mol. The molecule has 0 saturated carbocycles. The average Bonchev–Trinajstić information content (AvgIpc) is 2.85. The first-order valence-electron chi connectivity index (χ1n) is 12.0. The van der Waals surface area contributed by atoms with Gasteiger partial charge in [-0.3, -0.25) is 19.2 Å². The van der Waals surface area contributed by atoms with Crippen molar-refractivity contribution in [3.05, 3.63) is 52.9 Å². The van der Waals surface area contributed by atoms with Crippen LogP contribution >= 0.6 is 0 Å². The van der Waals surface area contributed by atoms with Crippen molar-refractivity contribution in [2.45, 2.75) is 58.4 Å². The van der Waals surface area contributed by atoms with Crippen LogP contribution < -0.4 is 10.4 Å². The Bertz CT molecular complexity index is 1470. The fourth-order valence-electron chi connectivity index (χ4n) is 4.35. The first-order valence-corrected chi connectivity index (χ1v) is 12.0. The molecule has 0 bridgehead atoms. The lowest BCUT2D eigenvalue weighted by molar-refractivity contribution is -0.288. The maximum Gasteiger partial charge on any atom is 0.344 e. The summed E-state index contributed by atoms with van der Waals surface area (Å²) < 4.78 is 38.6. The molecule has 1 aliphatic rings. The largest absolute Gasteiger partial charge is 0.463 e. The smallest absolute Gasteiger partial charge is 0.344 e. The normalized spacial score (nSPS) is 22.6. The molecule has 5 atom stereocenters. The summed E-state index contributed by atoms with van der Waals surface area (Å²) in [5.74, 6) is -2.75. The number of carbonyl (C=O) groups is 4. The summed E-state index contributed by atoms with van der Waals surface area (Å²) in [5, 5.41) is 1.75. The van der Waals surface area contributed by atoms with Gasteiger partial charge in [-0.2, -0.15) is 0 Å². The summed E-state index contributed by atoms with van der Waals surface area (Å²) in [5.41, 5.74) is -0.315. The van der Waals surface area contributed by atoms with E-state index in [1.54, 1.807) is 36.4 Å². The summed E-state index contributed by atoms with van der Waals surface area (Å²) in [4.78, 5) is 59.8. The van der Waals surface area contributed by atoms with Gasteiger partial charge in [-0.05, 0) is 23.6 Å². The molecule has 0 spiro atoms. The van der Waals surface area contributed by atoms with Gasteiger partial charge in [0, 0.05) is 39.1 Å². The molecule has 1 aliphatic heterocycles. The van der Waals surface area contributed by atoms with Crippen molar-refractivity contribution in [1.29, 1.82) is 0 Å². The molecule has 0 radical (unpaired) electrons. The van der Waals surface area contributed by atoms with Gasteiger partial charge < -0.3 is 32.8 Å². The van der Waals surface area contributed by atoms with Crippen LogP contribution in [0.1, 0.15) is 27.7 Å². The van der Waals surface area contributed by atoms with Crippen LogP contribution in [0.15, 0.2) is 51.7 Å². The van der Waals surface area contributed by atoms with Crippen molar-refractivity contribution in [2.24, 2.45) is 0 Å². The third kappa shape index (κ3) is 6.34. The molecule has 12 heteroatoms. The lowest BCUT2D eigenvalue weighted by atomic mass is 9.98. The average molecular weight is 542 g/mol. The van der Waals surface area contributed by atoms with Crippen LogP contribution in [0, 0.1) is 0 Å². The van der Waals surface area contributed by atoms with Crippen LogP contribution in [0.5, 0.6) is 5.75 Å². The molecule has 2 aromatic carbocycles. The van der Waals surface area contributed by atoms with Crippen LogP contribution in [0.4, 0.5) is 0 Å². The minimum absolute atomic E-state index is 0.154. The van der Waals surface area contributed by atoms with Gasteiger partial charge in [0.25, 0.3) is 0 Å². The van der Waals surface area contributed by atoms with E-state index in [9.17, 15) is 24.0 Å². The van der Waals surface area contributed by atoms with Gasteiger partial charge in [0.1, 0.15) is 24.0 Å². The summed E-state index contributed by atoms with van der Waals surface area (Å²) >= 11 is 0. The number of esters is 4. The van der Waals surface area contributed by atoms with E-state index >= 15 is 0 Å². The topological polar surface area (TPSA) is 154 Å². The predicted octanol–water partition coefficient (Wildman–Crippen LogP) is 2.41. The second-order valence-corrected chi connectivity index (χ2v) is 8.78. The van der Waals surface area contributed by atoms with Crippen molar-refractivity contribution in [2.75, 3.05) is 6.61 Å². The quantitative estimate of drug-likeness (QED) is 0.186. The summed E-state index contributed by atoms with van der Waals surface area (Å²) in [6.45, 7) is 4.16. The van der Waals surface area contributed by atoms with Crippen molar-refractivity contribution < 1.29 is 52.0 Å². The third-order valence-corrected chi connectivity index (χ3v) is 5.79. The SMILES string of the molecule is CC(=O)OC[C@@H]1O[C@H](Oc2ccc3c(c2)oc(=O)c2ccccc23)[C@@H](OC(C)=O)[C@H](OC(C)=O)[C@@H]1OC(C)=O. The molecule has 206 valence electrons. The lowest BCUT2D eigenvalue weighted by Crippen LogP contribution is -2.63. The molecular formula is C27H26O12. The molecule has 0 unspecified atom stereocenters. The van der Waals surface area contributed by atoms with E-state index in [1.807, 2.05) is 0 Å². The minimum atomic E-state index is -1.42. The van der Waals surface area contributed by atoms with Crippen molar-refractivity contribution in [3.8, 4) is 5.75 Å². The lowest BCUT2D eigenvalue weighted by Gasteiger charge is -2.43. The van der Waals surface area contributed by atoms with Crippen LogP contribution in [-0.2, 0) is 42.9 Å². The highest BCUT2D eigenvalue weighted by atomic mass is 16.7. The van der Waals surface area contributed by atoms with E-state index in [0.717, 1.165) is 20.8 Å². The Hall–Kier alpha value is -4.45. The third-order valence-electron chi connectivity index (χ3n) is 5.79. The standard InChI is InChI=1S/C27H26O12/c1-13(28)33-12-22-23(34-14(2)29)24(35-15(3)30)25(36-16(4)31)27(39-22)37-17-9-10-19-18-7-5-6-8-20(18)26(32)38-21(19)11-17/h5-11,22-25,27H,12H2,1-4H3/t22-,23+,24+,25-,27-/m0/s1. The van der Waals surface area contributed by atoms with Crippen LogP contribution in [0.2, 0.25) is 0 Å². The van der Waals surface area contributed by atoms with Gasteiger partial charge in [-0.25, -0.2) is 4.79 Å². The zero-order valence-electron chi connectivity index (χ0n) is 21.5. The molecule has 0 N–H and O–H groups in total. The summed E-state index contributed by atoms with van der Waals surface area (Å²) in [6, 6.07) is 11.7. The van der Waals surface area contributed by atoms with Gasteiger partial charge >= 0.3 is 29.5 Å². The molecule has 3 aromatic rings. The highest BCUT2D eigenvalue weighted by Crippen LogP contribution is 2.32. The zero-order valence-corrected chi connectivity index (χ0v) is 21.5. The summed E-state index contributed by atoms with van der Waals surface area (Å²) in [7, 11) is 0. The highest BCUT2D eigenvalue weighted by Gasteiger charge is 2.53. The minimum Gasteiger partial charge on any atom is -0.463 e. The Labute approximate surface area is 221 Å². The van der Waals surface area contributed by atoms with Gasteiger partial charge in [0.15, 0.2) is 12.2 Å². The van der Waals surface area contributed by atoms with Crippen LogP contribution in [0.3, 0.4) is 0 Å². The van der Waals surface area contributed by atoms with Crippen molar-refractivity contribution >= 4 is 45.6 Å². The highest BCUT2D eigenvalue weighted by molar-refractivity contribution is 6.04. The van der Waals surface area contributed by atoms with E-state index in [-0.39, 0.29) is 11.3 Å². The fourth-order valence-corrected chi connectivity index (χ4v) is 4.35. The first kappa shape index (κ1) is 27.6. The Morgan fingerprint density at radius 3 is 2.00 bits per heavy atom. The molecule has 1 saturated heterocycles. The molecule has 12 nitrogen and oxygen atoms in total. The Morgan fingerprint density at radius 2 is 1.36 bits per heavy atom. The summed E-state index contributed by atoms with van der Waals surface area (Å²) in [6.07, 6.45) is -6.67. The maximum absolute atomic E-state index is 12.5. The van der Waals surface area contributed by atoms with E-state index in [2.05, 4.69) is 0 Å². The van der Waals surface area contributed by atoms with Gasteiger partial charge in [0.2, 0.25) is 12.4 Å². The Balaban J connectivity index is 1.74. The maximum atomic E-state index is 12.5. The number of carbonyl (C=O) groups excluding carboxylic acids is 4. The fraction of sp³-hybridized carbons (Fsp3) is 0.370. The number of fused-ring (bicyclic) bond motifs is 3. The van der Waals surface area contributed by atoms with Crippen LogP contribution in [0.25, 0.3) is 21.7 Å². The Kier molecular flexibility index (Phi) is 8.15. The van der Waals surface area contributed by atoms with E-state index < -0.39 is 66.8 Å². The predicted molar refractivity (Wildman–Crippen MR) is 133 cm³/mol. The van der Waals surface area contributed by atoms with Crippen molar-refractivity contribution in [3.63, 3.8) is 0 Å². The van der Waals surface area contributed by atoms with E-state index in [1.165, 1.54) is 13.0 Å². The van der Waals surface area contributed by atoms with Gasteiger partial charge in [0.05, 0.1) is 5.39 Å². The molecule has 1 aromatic heterocycles. The molecule has 2 heterocycles. The van der Waals surface area contributed by atoms with Gasteiger partial charge in [-0.15, -0.1) is 0 Å². The Morgan fingerprint density at radius 1 is 0.744 bits per heavy atom. The molecule has 1 fully saturated rings. The van der Waals surface area contributed by atoms with Crippen LogP contribution in [-0.4, -0.2) is 61.2 Å².